The molecule has 0 amide bonds. The molecular formula is C12H23NO2. The van der Waals surface area contributed by atoms with Gasteiger partial charge >= 0.3 is 0 Å². The maximum Gasteiger partial charge on any atom is 0.0724 e. The Morgan fingerprint density at radius 3 is 2.67 bits per heavy atom. The Hall–Kier alpha value is -0.120. The van der Waals surface area contributed by atoms with Gasteiger partial charge in [-0.05, 0) is 12.8 Å². The minimum Gasteiger partial charge on any atom is -0.380 e. The average Bonchev–Trinajstić information content (AvgIpc) is 2.24. The van der Waals surface area contributed by atoms with Crippen LogP contribution in [0.2, 0.25) is 0 Å². The first-order valence-corrected chi connectivity index (χ1v) is 6.07. The van der Waals surface area contributed by atoms with Crippen molar-refractivity contribution >= 4 is 0 Å². The van der Waals surface area contributed by atoms with Crippen molar-refractivity contribution in [2.24, 2.45) is 5.41 Å². The molecule has 1 saturated carbocycles. The lowest BCUT2D eigenvalue weighted by molar-refractivity contribution is -0.102. The van der Waals surface area contributed by atoms with Crippen LogP contribution in [-0.2, 0) is 9.47 Å². The summed E-state index contributed by atoms with van der Waals surface area (Å²) in [4.78, 5) is 0. The molecule has 88 valence electrons. The summed E-state index contributed by atoms with van der Waals surface area (Å²) < 4.78 is 10.8. The lowest BCUT2D eigenvalue weighted by Gasteiger charge is -2.41. The third kappa shape index (κ3) is 2.71. The van der Waals surface area contributed by atoms with E-state index in [9.17, 15) is 0 Å². The van der Waals surface area contributed by atoms with Crippen LogP contribution < -0.4 is 5.32 Å². The van der Waals surface area contributed by atoms with E-state index in [1.54, 1.807) is 0 Å². The average molecular weight is 213 g/mol. The lowest BCUT2D eigenvalue weighted by atomic mass is 9.86. The molecule has 15 heavy (non-hydrogen) atoms. The zero-order valence-electron chi connectivity index (χ0n) is 9.92. The second-order valence-electron chi connectivity index (χ2n) is 5.35. The number of hydrogen-bond acceptors (Lipinski definition) is 3. The molecule has 0 spiro atoms. The molecule has 3 nitrogen and oxygen atoms in total. The smallest absolute Gasteiger partial charge is 0.0724 e. The zero-order valence-corrected chi connectivity index (χ0v) is 9.92. The van der Waals surface area contributed by atoms with Gasteiger partial charge in [0.1, 0.15) is 0 Å². The van der Waals surface area contributed by atoms with Crippen LogP contribution in [0.25, 0.3) is 0 Å². The van der Waals surface area contributed by atoms with Crippen LogP contribution in [0.5, 0.6) is 0 Å². The van der Waals surface area contributed by atoms with E-state index in [0.29, 0.717) is 17.6 Å². The monoisotopic (exact) mass is 213 g/mol. The van der Waals surface area contributed by atoms with Gasteiger partial charge in [0.15, 0.2) is 0 Å². The van der Waals surface area contributed by atoms with Gasteiger partial charge in [0, 0.05) is 25.1 Å². The standard InChI is InChI=1S/C12H23NO2/c1-12(8-15-9-12)7-13-10-5-3-4-6-11(10)14-2/h10-11,13H,3-9H2,1-2H3. The number of ether oxygens (including phenoxy) is 2. The summed E-state index contributed by atoms with van der Waals surface area (Å²) in [5, 5.41) is 3.66. The molecule has 1 aliphatic carbocycles. The van der Waals surface area contributed by atoms with E-state index < -0.39 is 0 Å². The molecule has 2 atom stereocenters. The lowest BCUT2D eigenvalue weighted by Crippen LogP contribution is -2.52. The molecule has 3 heteroatoms. The molecule has 2 aliphatic rings. The highest BCUT2D eigenvalue weighted by Gasteiger charge is 2.35. The van der Waals surface area contributed by atoms with Gasteiger partial charge in [0.25, 0.3) is 0 Å². The SMILES string of the molecule is COC1CCCCC1NCC1(C)COC1. The fourth-order valence-corrected chi connectivity index (χ4v) is 2.54. The van der Waals surface area contributed by atoms with Crippen molar-refractivity contribution in [1.82, 2.24) is 5.32 Å². The Morgan fingerprint density at radius 1 is 1.33 bits per heavy atom. The first-order valence-electron chi connectivity index (χ1n) is 6.07. The molecule has 0 aromatic heterocycles. The Kier molecular flexibility index (Phi) is 3.65. The molecule has 0 radical (unpaired) electrons. The third-order valence-corrected chi connectivity index (χ3v) is 3.70. The van der Waals surface area contributed by atoms with E-state index in [0.717, 1.165) is 19.8 Å². The van der Waals surface area contributed by atoms with Crippen LogP contribution in [0, 0.1) is 5.41 Å². The second kappa shape index (κ2) is 4.81. The van der Waals surface area contributed by atoms with Crippen LogP contribution in [0.3, 0.4) is 0 Å². The molecule has 2 unspecified atom stereocenters. The summed E-state index contributed by atoms with van der Waals surface area (Å²) in [7, 11) is 1.83. The predicted molar refractivity (Wildman–Crippen MR) is 60.0 cm³/mol. The van der Waals surface area contributed by atoms with E-state index in [-0.39, 0.29) is 0 Å². The molecule has 1 N–H and O–H groups in total. The van der Waals surface area contributed by atoms with Crippen LogP contribution in [-0.4, -0.2) is 39.0 Å². The van der Waals surface area contributed by atoms with Crippen LogP contribution >= 0.6 is 0 Å². The van der Waals surface area contributed by atoms with Gasteiger partial charge in [-0.1, -0.05) is 19.8 Å². The number of methoxy groups -OCH3 is 1. The summed E-state index contributed by atoms with van der Waals surface area (Å²) in [5.41, 5.74) is 0.371. The molecule has 1 aliphatic heterocycles. The molecule has 1 heterocycles. The predicted octanol–water partition coefficient (Wildman–Crippen LogP) is 1.57. The summed E-state index contributed by atoms with van der Waals surface area (Å²) >= 11 is 0. The van der Waals surface area contributed by atoms with Crippen molar-refractivity contribution in [3.63, 3.8) is 0 Å². The van der Waals surface area contributed by atoms with Crippen molar-refractivity contribution in [2.75, 3.05) is 26.9 Å². The van der Waals surface area contributed by atoms with Gasteiger partial charge in [0.2, 0.25) is 0 Å². The van der Waals surface area contributed by atoms with E-state index in [1.807, 2.05) is 7.11 Å². The fourth-order valence-electron chi connectivity index (χ4n) is 2.54. The molecule has 1 saturated heterocycles. The summed E-state index contributed by atoms with van der Waals surface area (Å²) in [5.74, 6) is 0. The summed E-state index contributed by atoms with van der Waals surface area (Å²) in [6, 6.07) is 0.557. The van der Waals surface area contributed by atoms with E-state index in [1.165, 1.54) is 25.7 Å². The second-order valence-corrected chi connectivity index (χ2v) is 5.35. The molecule has 0 aromatic carbocycles. The van der Waals surface area contributed by atoms with E-state index in [4.69, 9.17) is 9.47 Å². The maximum atomic E-state index is 5.53. The molecular weight excluding hydrogens is 190 g/mol. The van der Waals surface area contributed by atoms with Crippen molar-refractivity contribution < 1.29 is 9.47 Å². The van der Waals surface area contributed by atoms with Crippen molar-refractivity contribution in [2.45, 2.75) is 44.8 Å². The summed E-state index contributed by atoms with van der Waals surface area (Å²) in [6.45, 7) is 5.17. The first kappa shape index (κ1) is 11.4. The fraction of sp³-hybridized carbons (Fsp3) is 1.00. The van der Waals surface area contributed by atoms with E-state index >= 15 is 0 Å². The number of rotatable bonds is 4. The maximum absolute atomic E-state index is 5.53. The summed E-state index contributed by atoms with van der Waals surface area (Å²) in [6.07, 6.45) is 5.54. The number of hydrogen-bond donors (Lipinski definition) is 1. The Labute approximate surface area is 92.5 Å². The van der Waals surface area contributed by atoms with Gasteiger partial charge in [-0.3, -0.25) is 0 Å². The molecule has 2 rings (SSSR count). The molecule has 0 aromatic rings. The normalized spacial score (nSPS) is 34.8. The van der Waals surface area contributed by atoms with Gasteiger partial charge in [-0.15, -0.1) is 0 Å². The van der Waals surface area contributed by atoms with Gasteiger partial charge in [-0.25, -0.2) is 0 Å². The topological polar surface area (TPSA) is 30.5 Å². The third-order valence-electron chi connectivity index (χ3n) is 3.70. The van der Waals surface area contributed by atoms with Crippen molar-refractivity contribution in [1.29, 1.82) is 0 Å². The Morgan fingerprint density at radius 2 is 2.07 bits per heavy atom. The highest BCUT2D eigenvalue weighted by atomic mass is 16.5. The quantitative estimate of drug-likeness (QED) is 0.769. The van der Waals surface area contributed by atoms with Gasteiger partial charge in [-0.2, -0.15) is 0 Å². The van der Waals surface area contributed by atoms with Gasteiger partial charge in [0.05, 0.1) is 19.3 Å². The van der Waals surface area contributed by atoms with Crippen LogP contribution in [0.15, 0.2) is 0 Å². The molecule has 0 bridgehead atoms. The van der Waals surface area contributed by atoms with Crippen molar-refractivity contribution in [3.8, 4) is 0 Å². The van der Waals surface area contributed by atoms with Crippen molar-refractivity contribution in [3.05, 3.63) is 0 Å². The highest BCUT2D eigenvalue weighted by molar-refractivity contribution is 4.88. The zero-order chi connectivity index (χ0) is 10.7. The van der Waals surface area contributed by atoms with Crippen LogP contribution in [0.1, 0.15) is 32.6 Å². The van der Waals surface area contributed by atoms with Gasteiger partial charge < -0.3 is 14.8 Å². The number of nitrogens with one attached hydrogen (secondary N) is 1. The minimum atomic E-state index is 0.371. The minimum absolute atomic E-state index is 0.371. The Bertz CT molecular complexity index is 204. The Balaban J connectivity index is 1.76. The molecule has 2 fully saturated rings. The van der Waals surface area contributed by atoms with E-state index in [2.05, 4.69) is 12.2 Å². The first-order chi connectivity index (χ1) is 7.23. The highest BCUT2D eigenvalue weighted by Crippen LogP contribution is 2.27. The largest absolute Gasteiger partial charge is 0.380 e. The van der Waals surface area contributed by atoms with Crippen LogP contribution in [0.4, 0.5) is 0 Å².